The van der Waals surface area contributed by atoms with Gasteiger partial charge >= 0.3 is 0 Å². The Morgan fingerprint density at radius 1 is 1.50 bits per heavy atom. The van der Waals surface area contributed by atoms with Gasteiger partial charge in [0.15, 0.2) is 5.03 Å². The van der Waals surface area contributed by atoms with Gasteiger partial charge in [-0.15, -0.1) is 11.6 Å². The van der Waals surface area contributed by atoms with Crippen LogP contribution in [-0.2, 0) is 17.1 Å². The Morgan fingerprint density at radius 2 is 2.22 bits per heavy atom. The monoisotopic (exact) mass is 291 g/mol. The molecular weight excluding hydrogens is 274 g/mol. The largest absolute Gasteiger partial charge is 0.257 e. The lowest BCUT2D eigenvalue weighted by atomic mass is 9.89. The maximum absolute atomic E-state index is 12.0. The van der Waals surface area contributed by atoms with Crippen LogP contribution in [0.15, 0.2) is 17.3 Å². The third-order valence-electron chi connectivity index (χ3n) is 3.40. The van der Waals surface area contributed by atoms with Gasteiger partial charge in [-0.3, -0.25) is 4.68 Å². The molecule has 0 aromatic carbocycles. The highest BCUT2D eigenvalue weighted by molar-refractivity contribution is 7.89. The van der Waals surface area contributed by atoms with E-state index in [-0.39, 0.29) is 16.3 Å². The SMILES string of the molecule is Cn1nccc1S(=O)(=O)NCC1CCCCC1Cl. The van der Waals surface area contributed by atoms with Gasteiger partial charge in [0.25, 0.3) is 10.0 Å². The molecule has 2 rings (SSSR count). The second kappa shape index (κ2) is 5.59. The van der Waals surface area contributed by atoms with Crippen LogP contribution in [0.3, 0.4) is 0 Å². The van der Waals surface area contributed by atoms with Crippen LogP contribution < -0.4 is 4.72 Å². The number of aromatic nitrogens is 2. The molecule has 0 aliphatic heterocycles. The standard InChI is InChI=1S/C11H18ClN3O2S/c1-15-11(6-7-13-15)18(16,17)14-8-9-4-2-3-5-10(9)12/h6-7,9-10,14H,2-5,8H2,1H3. The van der Waals surface area contributed by atoms with Gasteiger partial charge in [0.2, 0.25) is 0 Å². The molecule has 1 aliphatic carbocycles. The van der Waals surface area contributed by atoms with E-state index >= 15 is 0 Å². The Hall–Kier alpha value is -0.590. The minimum absolute atomic E-state index is 0.0768. The van der Waals surface area contributed by atoms with Crippen molar-refractivity contribution in [2.24, 2.45) is 13.0 Å². The quantitative estimate of drug-likeness (QED) is 0.855. The van der Waals surface area contributed by atoms with Crippen molar-refractivity contribution >= 4 is 21.6 Å². The number of alkyl halides is 1. The van der Waals surface area contributed by atoms with Crippen LogP contribution in [0, 0.1) is 5.92 Å². The molecule has 1 fully saturated rings. The van der Waals surface area contributed by atoms with Gasteiger partial charge in [-0.05, 0) is 24.8 Å². The van der Waals surface area contributed by atoms with Gasteiger partial charge in [0, 0.05) is 19.0 Å². The lowest BCUT2D eigenvalue weighted by Crippen LogP contribution is -2.35. The van der Waals surface area contributed by atoms with Crippen LogP contribution in [-0.4, -0.2) is 30.1 Å². The van der Waals surface area contributed by atoms with Gasteiger partial charge in [0.05, 0.1) is 6.20 Å². The van der Waals surface area contributed by atoms with E-state index in [1.807, 2.05) is 0 Å². The molecule has 0 bridgehead atoms. The van der Waals surface area contributed by atoms with Crippen molar-refractivity contribution in [3.8, 4) is 0 Å². The Bertz CT molecular complexity index is 500. The second-order valence-electron chi connectivity index (χ2n) is 4.71. The summed E-state index contributed by atoms with van der Waals surface area (Å²) in [5, 5.41) is 4.13. The van der Waals surface area contributed by atoms with Crippen LogP contribution in [0.25, 0.3) is 0 Å². The maximum Gasteiger partial charge on any atom is 0.257 e. The first kappa shape index (κ1) is 13.8. The molecular formula is C11H18ClN3O2S. The number of hydrogen-bond donors (Lipinski definition) is 1. The lowest BCUT2D eigenvalue weighted by molar-refractivity contribution is 0.363. The van der Waals surface area contributed by atoms with E-state index in [0.29, 0.717) is 6.54 Å². The van der Waals surface area contributed by atoms with Crippen LogP contribution >= 0.6 is 11.6 Å². The zero-order chi connectivity index (χ0) is 13.2. The minimum atomic E-state index is -3.48. The van der Waals surface area contributed by atoms with Crippen LogP contribution in [0.2, 0.25) is 0 Å². The highest BCUT2D eigenvalue weighted by Gasteiger charge is 2.26. The topological polar surface area (TPSA) is 64.0 Å². The molecule has 1 aromatic heterocycles. The molecule has 0 radical (unpaired) electrons. The molecule has 1 aliphatic rings. The highest BCUT2D eigenvalue weighted by atomic mass is 35.5. The smallest absolute Gasteiger partial charge is 0.256 e. The second-order valence-corrected chi connectivity index (χ2v) is 6.98. The Balaban J connectivity index is 1.99. The number of hydrogen-bond acceptors (Lipinski definition) is 3. The number of halogens is 1. The summed E-state index contributed by atoms with van der Waals surface area (Å²) in [4.78, 5) is 0. The molecule has 0 saturated heterocycles. The maximum atomic E-state index is 12.0. The summed E-state index contributed by atoms with van der Waals surface area (Å²) in [7, 11) is -1.87. The van der Waals surface area contributed by atoms with Crippen molar-refractivity contribution in [3.63, 3.8) is 0 Å². The molecule has 1 aromatic rings. The molecule has 5 nitrogen and oxygen atoms in total. The molecule has 2 unspecified atom stereocenters. The zero-order valence-electron chi connectivity index (χ0n) is 10.3. The van der Waals surface area contributed by atoms with E-state index in [1.165, 1.54) is 16.9 Å². The minimum Gasteiger partial charge on any atom is -0.256 e. The Morgan fingerprint density at radius 3 is 2.83 bits per heavy atom. The van der Waals surface area contributed by atoms with Gasteiger partial charge in [-0.2, -0.15) is 5.10 Å². The van der Waals surface area contributed by atoms with Gasteiger partial charge in [0.1, 0.15) is 0 Å². The van der Waals surface area contributed by atoms with E-state index in [1.54, 1.807) is 7.05 Å². The van der Waals surface area contributed by atoms with Crippen molar-refractivity contribution in [3.05, 3.63) is 12.3 Å². The molecule has 0 spiro atoms. The first-order valence-corrected chi connectivity index (χ1v) is 8.04. The van der Waals surface area contributed by atoms with E-state index in [9.17, 15) is 8.42 Å². The van der Waals surface area contributed by atoms with Crippen LogP contribution in [0.5, 0.6) is 0 Å². The Labute approximate surface area is 113 Å². The fourth-order valence-electron chi connectivity index (χ4n) is 2.31. The predicted molar refractivity (Wildman–Crippen MR) is 70.0 cm³/mol. The summed E-state index contributed by atoms with van der Waals surface area (Å²) in [6.07, 6.45) is 5.70. The number of aryl methyl sites for hydroxylation is 1. The number of sulfonamides is 1. The van der Waals surface area contributed by atoms with Crippen molar-refractivity contribution in [2.45, 2.75) is 36.1 Å². The summed E-state index contributed by atoms with van der Waals surface area (Å²) in [5.74, 6) is 0.225. The van der Waals surface area contributed by atoms with Crippen molar-refractivity contribution in [2.75, 3.05) is 6.54 Å². The van der Waals surface area contributed by atoms with Crippen molar-refractivity contribution in [1.82, 2.24) is 14.5 Å². The third kappa shape index (κ3) is 3.05. The zero-order valence-corrected chi connectivity index (χ0v) is 11.9. The van der Waals surface area contributed by atoms with E-state index in [2.05, 4.69) is 9.82 Å². The summed E-state index contributed by atoms with van der Waals surface area (Å²) < 4.78 is 28.1. The lowest BCUT2D eigenvalue weighted by Gasteiger charge is -2.26. The first-order valence-electron chi connectivity index (χ1n) is 6.12. The number of rotatable bonds is 4. The summed E-state index contributed by atoms with van der Waals surface area (Å²) in [5.41, 5.74) is 0. The molecule has 102 valence electrons. The highest BCUT2D eigenvalue weighted by Crippen LogP contribution is 2.28. The van der Waals surface area contributed by atoms with Gasteiger partial charge in [-0.1, -0.05) is 12.8 Å². The van der Waals surface area contributed by atoms with Crippen molar-refractivity contribution in [1.29, 1.82) is 0 Å². The average Bonchev–Trinajstić information content (AvgIpc) is 2.75. The number of nitrogens with one attached hydrogen (secondary N) is 1. The summed E-state index contributed by atoms with van der Waals surface area (Å²) in [6, 6.07) is 1.49. The third-order valence-corrected chi connectivity index (χ3v) is 5.48. The van der Waals surface area contributed by atoms with Gasteiger partial charge in [-0.25, -0.2) is 13.1 Å². The molecule has 0 amide bonds. The van der Waals surface area contributed by atoms with Crippen LogP contribution in [0.4, 0.5) is 0 Å². The molecule has 1 saturated carbocycles. The predicted octanol–water partition coefficient (Wildman–Crippen LogP) is 1.50. The fraction of sp³-hybridized carbons (Fsp3) is 0.727. The average molecular weight is 292 g/mol. The molecule has 1 N–H and O–H groups in total. The molecule has 18 heavy (non-hydrogen) atoms. The fourth-order valence-corrected chi connectivity index (χ4v) is 3.89. The van der Waals surface area contributed by atoms with Crippen molar-refractivity contribution < 1.29 is 8.42 Å². The molecule has 7 heteroatoms. The summed E-state index contributed by atoms with van der Waals surface area (Å²) in [6.45, 7) is 0.404. The first-order chi connectivity index (χ1) is 8.50. The van der Waals surface area contributed by atoms with E-state index < -0.39 is 10.0 Å². The normalized spacial score (nSPS) is 25.2. The summed E-state index contributed by atoms with van der Waals surface area (Å²) >= 11 is 6.22. The van der Waals surface area contributed by atoms with Crippen LogP contribution in [0.1, 0.15) is 25.7 Å². The number of nitrogens with zero attached hydrogens (tertiary/aromatic N) is 2. The van der Waals surface area contributed by atoms with E-state index in [0.717, 1.165) is 25.7 Å². The molecule has 1 heterocycles. The van der Waals surface area contributed by atoms with E-state index in [4.69, 9.17) is 11.6 Å². The Kier molecular flexibility index (Phi) is 4.29. The van der Waals surface area contributed by atoms with Gasteiger partial charge < -0.3 is 0 Å². The molecule has 2 atom stereocenters.